The Kier molecular flexibility index (Phi) is 4.18. The fraction of sp³-hybridized carbons (Fsp3) is 0.125. The first kappa shape index (κ1) is 18.5. The van der Waals surface area contributed by atoms with Crippen LogP contribution in [0.2, 0.25) is 0 Å². The minimum atomic E-state index is -0.347. The summed E-state index contributed by atoms with van der Waals surface area (Å²) >= 11 is 1.51. The van der Waals surface area contributed by atoms with Gasteiger partial charge in [-0.05, 0) is 60.7 Å². The number of thiophene rings is 1. The van der Waals surface area contributed by atoms with Gasteiger partial charge in [-0.25, -0.2) is 4.98 Å². The predicted octanol–water partition coefficient (Wildman–Crippen LogP) is 4.58. The predicted molar refractivity (Wildman–Crippen MR) is 123 cm³/mol. The van der Waals surface area contributed by atoms with Gasteiger partial charge >= 0.3 is 0 Å². The second-order valence-corrected chi connectivity index (χ2v) is 8.45. The molecule has 5 aromatic rings. The zero-order chi connectivity index (χ0) is 21.0. The molecule has 148 valence electrons. The second-order valence-electron chi connectivity index (χ2n) is 7.50. The molecule has 0 aliphatic rings. The number of fused-ring (bicyclic) bond motifs is 2. The summed E-state index contributed by atoms with van der Waals surface area (Å²) in [7, 11) is 1.84. The normalized spacial score (nSPS) is 11.4. The van der Waals surface area contributed by atoms with E-state index in [0.717, 1.165) is 21.5 Å². The van der Waals surface area contributed by atoms with E-state index < -0.39 is 0 Å². The lowest BCUT2D eigenvalue weighted by Gasteiger charge is -2.16. The van der Waals surface area contributed by atoms with Crippen LogP contribution in [-0.2, 0) is 7.05 Å². The van der Waals surface area contributed by atoms with E-state index in [4.69, 9.17) is 4.98 Å². The Bertz CT molecular complexity index is 1540. The van der Waals surface area contributed by atoms with Crippen LogP contribution >= 0.6 is 11.3 Å². The highest BCUT2D eigenvalue weighted by Gasteiger charge is 2.20. The molecular weight excluding hydrogens is 394 g/mol. The number of hydrogen-bond acceptors (Lipinski definition) is 4. The molecule has 5 rings (SSSR count). The van der Waals surface area contributed by atoms with Gasteiger partial charge in [0, 0.05) is 12.4 Å². The van der Waals surface area contributed by atoms with Crippen molar-refractivity contribution < 1.29 is 0 Å². The molecule has 5 nitrogen and oxygen atoms in total. The van der Waals surface area contributed by atoms with Crippen molar-refractivity contribution in [2.75, 3.05) is 0 Å². The third-order valence-electron chi connectivity index (χ3n) is 5.33. The number of aryl methyl sites for hydroxylation is 3. The van der Waals surface area contributed by atoms with E-state index in [2.05, 4.69) is 6.07 Å². The zero-order valence-corrected chi connectivity index (χ0v) is 17.7. The molecule has 0 aliphatic heterocycles. The molecule has 30 heavy (non-hydrogen) atoms. The number of hydrogen-bond donors (Lipinski definition) is 0. The van der Waals surface area contributed by atoms with E-state index in [-0.39, 0.29) is 16.4 Å². The molecule has 0 bridgehead atoms. The number of aromatic nitrogens is 3. The number of nitrogens with zero attached hydrogens (tertiary/aromatic N) is 3. The highest BCUT2D eigenvalue weighted by Crippen LogP contribution is 2.27. The van der Waals surface area contributed by atoms with Gasteiger partial charge in [-0.1, -0.05) is 24.3 Å². The van der Waals surface area contributed by atoms with Crippen molar-refractivity contribution in [3.8, 4) is 16.4 Å². The van der Waals surface area contributed by atoms with Gasteiger partial charge in [0.05, 0.1) is 16.1 Å². The summed E-state index contributed by atoms with van der Waals surface area (Å²) in [6, 6.07) is 17.1. The average molecular weight is 414 g/mol. The van der Waals surface area contributed by atoms with Gasteiger partial charge in [-0.2, -0.15) is 0 Å². The smallest absolute Gasteiger partial charge is 0.271 e. The molecular formula is C24H19N3O2S. The van der Waals surface area contributed by atoms with Gasteiger partial charge in [0.15, 0.2) is 11.5 Å². The molecule has 3 aromatic heterocycles. The fourth-order valence-corrected chi connectivity index (χ4v) is 4.75. The largest absolute Gasteiger partial charge is 0.328 e. The van der Waals surface area contributed by atoms with Crippen LogP contribution in [0.4, 0.5) is 0 Å². The summed E-state index contributed by atoms with van der Waals surface area (Å²) in [6.07, 6.45) is 0. The summed E-state index contributed by atoms with van der Waals surface area (Å²) in [5.74, 6) is 0.540. The molecule has 3 heterocycles. The Labute approximate surface area is 176 Å². The minimum Gasteiger partial charge on any atom is -0.328 e. The topological polar surface area (TPSA) is 56.9 Å². The van der Waals surface area contributed by atoms with Crippen molar-refractivity contribution in [1.82, 2.24) is 14.1 Å². The van der Waals surface area contributed by atoms with Gasteiger partial charge in [0.25, 0.3) is 5.56 Å². The summed E-state index contributed by atoms with van der Waals surface area (Å²) in [5, 5.41) is 2.58. The monoisotopic (exact) mass is 413 g/mol. The number of benzene rings is 2. The molecule has 0 N–H and O–H groups in total. The molecule has 6 heteroatoms. The van der Waals surface area contributed by atoms with Crippen LogP contribution in [0.5, 0.6) is 0 Å². The van der Waals surface area contributed by atoms with Crippen molar-refractivity contribution in [2.45, 2.75) is 13.8 Å². The zero-order valence-electron chi connectivity index (χ0n) is 16.8. The summed E-state index contributed by atoms with van der Waals surface area (Å²) in [6.45, 7) is 3.99. The molecule has 0 saturated carbocycles. The SMILES string of the molecule is Cc1cc(C)cc(-n2c(-c3cccs3)nc3c(c(=O)c4ccccc4n3C)c2=O)c1. The van der Waals surface area contributed by atoms with Crippen LogP contribution in [0.15, 0.2) is 69.6 Å². The Hall–Kier alpha value is -3.51. The number of pyridine rings is 1. The van der Waals surface area contributed by atoms with Crippen LogP contribution in [0, 0.1) is 13.8 Å². The lowest BCUT2D eigenvalue weighted by molar-refractivity contribution is 0.925. The molecule has 0 fully saturated rings. The van der Waals surface area contributed by atoms with Crippen LogP contribution in [0.1, 0.15) is 11.1 Å². The van der Waals surface area contributed by atoms with Crippen LogP contribution < -0.4 is 11.0 Å². The molecule has 0 spiro atoms. The molecule has 0 atom stereocenters. The van der Waals surface area contributed by atoms with Crippen molar-refractivity contribution in [1.29, 1.82) is 0 Å². The van der Waals surface area contributed by atoms with Crippen molar-refractivity contribution >= 4 is 33.3 Å². The third-order valence-corrected chi connectivity index (χ3v) is 6.19. The van der Waals surface area contributed by atoms with Crippen LogP contribution in [0.25, 0.3) is 38.3 Å². The Morgan fingerprint density at radius 3 is 2.37 bits per heavy atom. The van der Waals surface area contributed by atoms with Crippen LogP contribution in [-0.4, -0.2) is 14.1 Å². The maximum absolute atomic E-state index is 13.8. The average Bonchev–Trinajstić information content (AvgIpc) is 3.25. The number of rotatable bonds is 2. The highest BCUT2D eigenvalue weighted by atomic mass is 32.1. The van der Waals surface area contributed by atoms with Gasteiger partial charge in [0.1, 0.15) is 5.39 Å². The first-order valence-corrected chi connectivity index (χ1v) is 10.5. The molecule has 0 amide bonds. The van der Waals surface area contributed by atoms with Gasteiger partial charge < -0.3 is 4.57 Å². The second kappa shape index (κ2) is 6.78. The maximum Gasteiger partial charge on any atom is 0.271 e. The van der Waals surface area contributed by atoms with Crippen molar-refractivity contribution in [3.05, 3.63) is 91.7 Å². The van der Waals surface area contributed by atoms with Gasteiger partial charge in [-0.3, -0.25) is 14.2 Å². The molecule has 0 aliphatic carbocycles. The van der Waals surface area contributed by atoms with E-state index in [1.54, 1.807) is 10.6 Å². The van der Waals surface area contributed by atoms with E-state index >= 15 is 0 Å². The Balaban J connectivity index is 2.03. The van der Waals surface area contributed by atoms with E-state index in [9.17, 15) is 9.59 Å². The standard InChI is InChI=1S/C24H19N3O2S/c1-14-11-15(2)13-16(12-14)27-22(19-9-6-10-30-19)25-23-20(24(27)29)21(28)17-7-4-5-8-18(17)26(23)3/h4-13H,1-3H3. The van der Waals surface area contributed by atoms with E-state index in [1.165, 1.54) is 11.3 Å². The minimum absolute atomic E-state index is 0.107. The lowest BCUT2D eigenvalue weighted by atomic mass is 10.1. The molecule has 0 radical (unpaired) electrons. The first-order chi connectivity index (χ1) is 14.5. The van der Waals surface area contributed by atoms with Crippen molar-refractivity contribution in [2.24, 2.45) is 7.05 Å². The van der Waals surface area contributed by atoms with Crippen LogP contribution in [0.3, 0.4) is 0 Å². The van der Waals surface area contributed by atoms with E-state index in [1.807, 2.05) is 73.3 Å². The third kappa shape index (κ3) is 2.72. The Morgan fingerprint density at radius 1 is 0.933 bits per heavy atom. The van der Waals surface area contributed by atoms with Gasteiger partial charge in [-0.15, -0.1) is 11.3 Å². The molecule has 0 saturated heterocycles. The maximum atomic E-state index is 13.8. The quantitative estimate of drug-likeness (QED) is 0.398. The number of para-hydroxylation sites is 1. The molecule has 2 aromatic carbocycles. The lowest BCUT2D eigenvalue weighted by Crippen LogP contribution is -2.28. The fourth-order valence-electron chi connectivity index (χ4n) is 4.05. The molecule has 0 unspecified atom stereocenters. The van der Waals surface area contributed by atoms with E-state index in [0.29, 0.717) is 22.5 Å². The Morgan fingerprint density at radius 2 is 1.67 bits per heavy atom. The summed E-state index contributed by atoms with van der Waals surface area (Å²) < 4.78 is 3.40. The first-order valence-electron chi connectivity index (χ1n) is 9.63. The highest BCUT2D eigenvalue weighted by molar-refractivity contribution is 7.13. The van der Waals surface area contributed by atoms with Crippen molar-refractivity contribution in [3.63, 3.8) is 0 Å². The van der Waals surface area contributed by atoms with Gasteiger partial charge in [0.2, 0.25) is 5.43 Å². The summed E-state index contributed by atoms with van der Waals surface area (Å²) in [4.78, 5) is 32.8. The summed E-state index contributed by atoms with van der Waals surface area (Å²) in [5.41, 5.74) is 3.31.